The first-order chi connectivity index (χ1) is 18.9. The van der Waals surface area contributed by atoms with Gasteiger partial charge in [0.15, 0.2) is 29.3 Å². The highest BCUT2D eigenvalue weighted by molar-refractivity contribution is 6.02. The molecule has 3 amide bonds. The number of aliphatic hydroxyl groups excluding tert-OH is 2. The molecule has 12 nitrogen and oxygen atoms in total. The summed E-state index contributed by atoms with van der Waals surface area (Å²) >= 11 is 0. The predicted octanol–water partition coefficient (Wildman–Crippen LogP) is 2.38. The van der Waals surface area contributed by atoms with Crippen LogP contribution < -0.4 is 16.0 Å². The number of anilines is 2. The van der Waals surface area contributed by atoms with Gasteiger partial charge in [-0.1, -0.05) is 49.4 Å². The van der Waals surface area contributed by atoms with Crippen molar-refractivity contribution in [1.29, 1.82) is 0 Å². The van der Waals surface area contributed by atoms with Crippen molar-refractivity contribution < 1.29 is 24.5 Å². The van der Waals surface area contributed by atoms with Gasteiger partial charge in [0.25, 0.3) is 5.91 Å². The lowest BCUT2D eigenvalue weighted by Crippen LogP contribution is -2.42. The van der Waals surface area contributed by atoms with E-state index in [1.54, 1.807) is 6.92 Å². The number of aliphatic hydroxyl groups is 2. The number of imidazole rings is 1. The first-order valence-corrected chi connectivity index (χ1v) is 12.6. The molecular weight excluding hydrogens is 502 g/mol. The second-order valence-electron chi connectivity index (χ2n) is 9.20. The topological polar surface area (TPSA) is 164 Å². The number of likely N-dealkylation sites (N-methyl/N-ethyl adjacent to an activating group) is 1. The van der Waals surface area contributed by atoms with E-state index in [2.05, 4.69) is 50.0 Å². The first kappa shape index (κ1) is 26.2. The average Bonchev–Trinajstić information content (AvgIpc) is 3.50. The Morgan fingerprint density at radius 2 is 1.69 bits per heavy atom. The number of amides is 3. The van der Waals surface area contributed by atoms with Crippen molar-refractivity contribution in [3.05, 3.63) is 78.4 Å². The van der Waals surface area contributed by atoms with Gasteiger partial charge in [0.1, 0.15) is 18.5 Å². The molecule has 1 aliphatic heterocycles. The van der Waals surface area contributed by atoms with Crippen molar-refractivity contribution in [2.24, 2.45) is 0 Å². The van der Waals surface area contributed by atoms with Gasteiger partial charge in [-0.3, -0.25) is 14.7 Å². The number of hydrogen-bond donors (Lipinski definition) is 5. The normalized spacial score (nSPS) is 21.4. The number of carbonyl (C=O) groups is 2. The maximum absolute atomic E-state index is 12.7. The molecule has 0 radical (unpaired) electrons. The Morgan fingerprint density at radius 1 is 0.974 bits per heavy atom. The minimum absolute atomic E-state index is 0.138. The molecule has 5 atom stereocenters. The summed E-state index contributed by atoms with van der Waals surface area (Å²) in [6.07, 6.45) is -2.64. The Morgan fingerprint density at radius 3 is 2.41 bits per heavy atom. The van der Waals surface area contributed by atoms with Crippen LogP contribution >= 0.6 is 0 Å². The van der Waals surface area contributed by atoms with Crippen molar-refractivity contribution in [3.63, 3.8) is 0 Å². The van der Waals surface area contributed by atoms with Crippen LogP contribution in [0.4, 0.5) is 16.3 Å². The van der Waals surface area contributed by atoms with Gasteiger partial charge >= 0.3 is 6.03 Å². The number of rotatable bonds is 7. The van der Waals surface area contributed by atoms with Crippen LogP contribution in [0.1, 0.15) is 37.1 Å². The third-order valence-electron chi connectivity index (χ3n) is 6.68. The maximum atomic E-state index is 12.7. The van der Waals surface area contributed by atoms with Crippen molar-refractivity contribution in [2.45, 2.75) is 44.3 Å². The van der Waals surface area contributed by atoms with Crippen molar-refractivity contribution in [1.82, 2.24) is 24.8 Å². The Kier molecular flexibility index (Phi) is 7.50. The molecule has 0 bridgehead atoms. The molecule has 5 N–H and O–H groups in total. The number of hydrogen-bond acceptors (Lipinski definition) is 8. The van der Waals surface area contributed by atoms with Gasteiger partial charge in [-0.25, -0.2) is 19.7 Å². The third-order valence-corrected chi connectivity index (χ3v) is 6.68. The summed E-state index contributed by atoms with van der Waals surface area (Å²) in [7, 11) is 0. The molecule has 2 aromatic heterocycles. The summed E-state index contributed by atoms with van der Waals surface area (Å²) in [6, 6.07) is 17.2. The molecule has 39 heavy (non-hydrogen) atoms. The molecule has 2 aromatic carbocycles. The van der Waals surface area contributed by atoms with Gasteiger partial charge in [-0.05, 0) is 30.2 Å². The highest BCUT2D eigenvalue weighted by atomic mass is 16.6. The minimum Gasteiger partial charge on any atom is -0.387 e. The number of aromatic nitrogens is 4. The van der Waals surface area contributed by atoms with Crippen LogP contribution in [-0.4, -0.2) is 66.5 Å². The molecule has 0 unspecified atom stereocenters. The van der Waals surface area contributed by atoms with Crippen LogP contribution in [0.15, 0.2) is 67.3 Å². The van der Waals surface area contributed by atoms with Crippen LogP contribution in [0.5, 0.6) is 0 Å². The van der Waals surface area contributed by atoms with Crippen LogP contribution in [0.2, 0.25) is 0 Å². The summed E-state index contributed by atoms with van der Waals surface area (Å²) < 4.78 is 7.05. The molecule has 4 aromatic rings. The van der Waals surface area contributed by atoms with E-state index in [4.69, 9.17) is 4.74 Å². The summed E-state index contributed by atoms with van der Waals surface area (Å²) in [5, 5.41) is 28.9. The van der Waals surface area contributed by atoms with Crippen molar-refractivity contribution in [3.8, 4) is 0 Å². The largest absolute Gasteiger partial charge is 0.387 e. The average molecular weight is 532 g/mol. The van der Waals surface area contributed by atoms with Gasteiger partial charge in [-0.15, -0.1) is 0 Å². The predicted molar refractivity (Wildman–Crippen MR) is 143 cm³/mol. The molecule has 1 saturated heterocycles. The number of benzene rings is 2. The van der Waals surface area contributed by atoms with E-state index < -0.39 is 36.5 Å². The quantitative estimate of drug-likeness (QED) is 0.243. The van der Waals surface area contributed by atoms with Crippen LogP contribution in [-0.2, 0) is 9.53 Å². The summed E-state index contributed by atoms with van der Waals surface area (Å²) in [5.74, 6) is -0.190. The first-order valence-electron chi connectivity index (χ1n) is 12.6. The number of fused-ring (bicyclic) bond motifs is 1. The standard InChI is InChI=1S/C27H29N7O5/c1-3-28-25(37)22-20(35)21(36)26(39-22)34-14-31-19-23(29-13-30-24(19)34)33-27(38)32-18-11-9-17(10-12-18)15(2)16-7-5-4-6-8-16/h4-15,20-22,26,35-36H,3H2,1-2H3,(H,28,37)(H2,29,30,32,33,38)/t15-,20-,21+,22-,26+/m0/s1. The number of carbonyl (C=O) groups excluding carboxylic acids is 2. The summed E-state index contributed by atoms with van der Waals surface area (Å²) in [4.78, 5) is 37.5. The second-order valence-corrected chi connectivity index (χ2v) is 9.20. The molecule has 12 heteroatoms. The number of urea groups is 1. The van der Waals surface area contributed by atoms with E-state index in [0.29, 0.717) is 12.2 Å². The third kappa shape index (κ3) is 5.30. The molecule has 202 valence electrons. The van der Waals surface area contributed by atoms with Gasteiger partial charge in [0.05, 0.1) is 6.33 Å². The summed E-state index contributed by atoms with van der Waals surface area (Å²) in [5.41, 5.74) is 3.40. The Balaban J connectivity index is 1.28. The lowest BCUT2D eigenvalue weighted by Gasteiger charge is -2.16. The zero-order valence-corrected chi connectivity index (χ0v) is 21.4. The highest BCUT2D eigenvalue weighted by Gasteiger charge is 2.47. The van der Waals surface area contributed by atoms with Crippen LogP contribution in [0.25, 0.3) is 11.2 Å². The fourth-order valence-electron chi connectivity index (χ4n) is 4.57. The van der Waals surface area contributed by atoms with Crippen LogP contribution in [0, 0.1) is 0 Å². The fraction of sp³-hybridized carbons (Fsp3) is 0.296. The molecule has 0 aliphatic carbocycles. The van der Waals surface area contributed by atoms with E-state index in [9.17, 15) is 19.8 Å². The molecular formula is C27H29N7O5. The minimum atomic E-state index is -1.44. The van der Waals surface area contributed by atoms with Gasteiger partial charge in [0.2, 0.25) is 0 Å². The van der Waals surface area contributed by atoms with Crippen LogP contribution in [0.3, 0.4) is 0 Å². The molecule has 0 spiro atoms. The Bertz CT molecular complexity index is 1460. The number of nitrogens with one attached hydrogen (secondary N) is 3. The SMILES string of the molecule is CCNC(=O)[C@H]1O[C@@H](n2cnc3c(NC(=O)Nc4ccc([C@@H](C)c5ccccc5)cc4)ncnc32)[C@H](O)[C@@H]1O. The fourth-order valence-corrected chi connectivity index (χ4v) is 4.57. The number of nitrogens with zero attached hydrogens (tertiary/aromatic N) is 4. The van der Waals surface area contributed by atoms with Gasteiger partial charge in [0, 0.05) is 18.2 Å². The van der Waals surface area contributed by atoms with E-state index in [0.717, 1.165) is 5.56 Å². The maximum Gasteiger partial charge on any atom is 0.324 e. The van der Waals surface area contributed by atoms with Crippen molar-refractivity contribution in [2.75, 3.05) is 17.2 Å². The zero-order chi connectivity index (χ0) is 27.5. The molecule has 5 rings (SSSR count). The van der Waals surface area contributed by atoms with Gasteiger partial charge in [-0.2, -0.15) is 0 Å². The molecule has 0 saturated carbocycles. The highest BCUT2D eigenvalue weighted by Crippen LogP contribution is 2.32. The molecule has 1 fully saturated rings. The Labute approximate surface area is 224 Å². The molecule has 3 heterocycles. The monoisotopic (exact) mass is 531 g/mol. The Hall–Kier alpha value is -4.39. The van der Waals surface area contributed by atoms with E-state index in [-0.39, 0.29) is 22.9 Å². The second kappa shape index (κ2) is 11.2. The molecule has 1 aliphatic rings. The lowest BCUT2D eigenvalue weighted by molar-refractivity contribution is -0.137. The number of ether oxygens (including phenoxy) is 1. The van der Waals surface area contributed by atoms with E-state index in [1.165, 1.54) is 22.8 Å². The van der Waals surface area contributed by atoms with E-state index in [1.807, 2.05) is 42.5 Å². The zero-order valence-electron chi connectivity index (χ0n) is 21.4. The van der Waals surface area contributed by atoms with E-state index >= 15 is 0 Å². The smallest absolute Gasteiger partial charge is 0.324 e. The lowest BCUT2D eigenvalue weighted by atomic mass is 9.93. The van der Waals surface area contributed by atoms with Gasteiger partial charge < -0.3 is 25.6 Å². The van der Waals surface area contributed by atoms with Crippen molar-refractivity contribution >= 4 is 34.6 Å². The summed E-state index contributed by atoms with van der Waals surface area (Å²) in [6.45, 7) is 4.21.